The van der Waals surface area contributed by atoms with E-state index in [0.29, 0.717) is 23.5 Å². The lowest BCUT2D eigenvalue weighted by Gasteiger charge is -2.19. The number of aliphatic hydroxyl groups excluding tert-OH is 1. The molecule has 1 aromatic heterocycles. The summed E-state index contributed by atoms with van der Waals surface area (Å²) in [6.45, 7) is 7.24. The quantitative estimate of drug-likeness (QED) is 0.705. The van der Waals surface area contributed by atoms with Crippen molar-refractivity contribution in [3.8, 4) is 0 Å². The number of aromatic nitrogens is 2. The largest absolute Gasteiger partial charge is 0.396 e. The zero-order chi connectivity index (χ0) is 15.3. The van der Waals surface area contributed by atoms with Gasteiger partial charge in [-0.2, -0.15) is 0 Å². The number of hydrogen-bond donors (Lipinski definition) is 3. The third kappa shape index (κ3) is 4.45. The third-order valence-electron chi connectivity index (χ3n) is 3.47. The molecular weight excluding hydrogens is 258 g/mol. The molecule has 1 amide bonds. The van der Waals surface area contributed by atoms with Crippen molar-refractivity contribution < 1.29 is 9.90 Å². The average molecular weight is 281 g/mol. The maximum Gasteiger partial charge on any atom is 0.254 e. The number of nitrogens with zero attached hydrogens (tertiary/aromatic N) is 1. The molecule has 0 saturated carbocycles. The Morgan fingerprint density at radius 2 is 2.05 bits per heavy atom. The van der Waals surface area contributed by atoms with Crippen LogP contribution in [0, 0.1) is 19.8 Å². The molecule has 6 heteroatoms. The van der Waals surface area contributed by atoms with Gasteiger partial charge in [-0.1, -0.05) is 6.92 Å². The fourth-order valence-corrected chi connectivity index (χ4v) is 1.91. The van der Waals surface area contributed by atoms with Crippen LogP contribution in [0.2, 0.25) is 0 Å². The number of aryl methyl sites for hydroxylation is 2. The van der Waals surface area contributed by atoms with E-state index in [9.17, 15) is 9.59 Å². The molecule has 0 aliphatic rings. The van der Waals surface area contributed by atoms with Gasteiger partial charge in [-0.15, -0.1) is 0 Å². The number of H-pyrrole nitrogens is 1. The second kappa shape index (κ2) is 7.19. The zero-order valence-electron chi connectivity index (χ0n) is 12.5. The normalized spacial score (nSPS) is 13.8. The molecule has 0 aromatic carbocycles. The summed E-state index contributed by atoms with van der Waals surface area (Å²) in [6, 6.07) is -0.0944. The summed E-state index contributed by atoms with van der Waals surface area (Å²) in [5.74, 6) is 0.452. The fourth-order valence-electron chi connectivity index (χ4n) is 1.91. The van der Waals surface area contributed by atoms with E-state index < -0.39 is 0 Å². The minimum Gasteiger partial charge on any atom is -0.396 e. The molecule has 1 rings (SSSR count). The number of aliphatic hydroxyl groups is 1. The van der Waals surface area contributed by atoms with Crippen molar-refractivity contribution in [2.24, 2.45) is 5.92 Å². The van der Waals surface area contributed by atoms with Gasteiger partial charge in [-0.3, -0.25) is 9.59 Å². The van der Waals surface area contributed by atoms with Gasteiger partial charge in [0.05, 0.1) is 0 Å². The molecule has 0 spiro atoms. The lowest BCUT2D eigenvalue weighted by molar-refractivity contribution is -0.122. The summed E-state index contributed by atoms with van der Waals surface area (Å²) in [5, 5.41) is 11.8. The lowest BCUT2D eigenvalue weighted by Crippen LogP contribution is -2.38. The zero-order valence-corrected chi connectivity index (χ0v) is 12.5. The summed E-state index contributed by atoms with van der Waals surface area (Å²) in [5.41, 5.74) is 1.03. The Morgan fingerprint density at radius 1 is 1.40 bits per heavy atom. The first-order chi connectivity index (χ1) is 9.35. The third-order valence-corrected chi connectivity index (χ3v) is 3.47. The van der Waals surface area contributed by atoms with Gasteiger partial charge in [0.25, 0.3) is 5.56 Å². The second-order valence-electron chi connectivity index (χ2n) is 5.23. The van der Waals surface area contributed by atoms with E-state index in [1.165, 1.54) is 0 Å². The highest BCUT2D eigenvalue weighted by Gasteiger charge is 2.15. The van der Waals surface area contributed by atoms with E-state index in [4.69, 9.17) is 5.11 Å². The summed E-state index contributed by atoms with van der Waals surface area (Å²) in [4.78, 5) is 30.4. The summed E-state index contributed by atoms with van der Waals surface area (Å²) < 4.78 is 0. The van der Waals surface area contributed by atoms with E-state index in [2.05, 4.69) is 15.3 Å². The van der Waals surface area contributed by atoms with Crippen molar-refractivity contribution in [3.63, 3.8) is 0 Å². The van der Waals surface area contributed by atoms with Gasteiger partial charge in [-0.25, -0.2) is 4.98 Å². The van der Waals surface area contributed by atoms with Crippen molar-refractivity contribution in [2.75, 3.05) is 6.61 Å². The van der Waals surface area contributed by atoms with Gasteiger partial charge in [0.15, 0.2) is 0 Å². The number of aromatic amines is 1. The van der Waals surface area contributed by atoms with Gasteiger partial charge in [0.1, 0.15) is 5.82 Å². The highest BCUT2D eigenvalue weighted by molar-refractivity contribution is 5.76. The molecule has 1 heterocycles. The van der Waals surface area contributed by atoms with Gasteiger partial charge >= 0.3 is 0 Å². The van der Waals surface area contributed by atoms with E-state index in [1.807, 2.05) is 13.8 Å². The van der Waals surface area contributed by atoms with Crippen LogP contribution < -0.4 is 10.9 Å². The molecule has 20 heavy (non-hydrogen) atoms. The van der Waals surface area contributed by atoms with Crippen LogP contribution in [0.4, 0.5) is 0 Å². The Labute approximate surface area is 118 Å². The Balaban J connectivity index is 2.60. The molecule has 0 saturated heterocycles. The Kier molecular flexibility index (Phi) is 5.88. The smallest absolute Gasteiger partial charge is 0.254 e. The van der Waals surface area contributed by atoms with E-state index in [-0.39, 0.29) is 36.5 Å². The average Bonchev–Trinajstić information content (AvgIpc) is 2.36. The summed E-state index contributed by atoms with van der Waals surface area (Å²) >= 11 is 0. The number of carbonyl (C=O) groups is 1. The first-order valence-corrected chi connectivity index (χ1v) is 6.81. The minimum absolute atomic E-state index is 0.00475. The molecule has 0 aliphatic heterocycles. The number of carbonyl (C=O) groups excluding carboxylic acids is 1. The highest BCUT2D eigenvalue weighted by atomic mass is 16.3. The van der Waals surface area contributed by atoms with Gasteiger partial charge in [-0.05, 0) is 33.1 Å². The van der Waals surface area contributed by atoms with Crippen molar-refractivity contribution in [2.45, 2.75) is 46.6 Å². The van der Waals surface area contributed by atoms with E-state index in [1.54, 1.807) is 13.8 Å². The Hall–Kier alpha value is -1.69. The maximum absolute atomic E-state index is 11.8. The maximum atomic E-state index is 11.8. The van der Waals surface area contributed by atoms with Gasteiger partial charge in [0.2, 0.25) is 5.91 Å². The van der Waals surface area contributed by atoms with Crippen LogP contribution in [0.5, 0.6) is 0 Å². The predicted molar refractivity (Wildman–Crippen MR) is 76.5 cm³/mol. The van der Waals surface area contributed by atoms with Crippen molar-refractivity contribution >= 4 is 5.91 Å². The molecule has 0 aliphatic carbocycles. The monoisotopic (exact) mass is 281 g/mol. The first-order valence-electron chi connectivity index (χ1n) is 6.81. The summed E-state index contributed by atoms with van der Waals surface area (Å²) in [7, 11) is 0. The van der Waals surface area contributed by atoms with Crippen LogP contribution in [-0.2, 0) is 11.2 Å². The molecular formula is C14H23N3O3. The topological polar surface area (TPSA) is 95.1 Å². The molecule has 0 bridgehead atoms. The van der Waals surface area contributed by atoms with E-state index >= 15 is 0 Å². The van der Waals surface area contributed by atoms with Crippen LogP contribution >= 0.6 is 0 Å². The van der Waals surface area contributed by atoms with Gasteiger partial charge < -0.3 is 15.4 Å². The molecule has 3 N–H and O–H groups in total. The molecule has 112 valence electrons. The van der Waals surface area contributed by atoms with Crippen molar-refractivity contribution in [3.05, 3.63) is 27.4 Å². The Bertz CT molecular complexity index is 525. The Morgan fingerprint density at radius 3 is 2.60 bits per heavy atom. The van der Waals surface area contributed by atoms with E-state index in [0.717, 1.165) is 0 Å². The highest BCUT2D eigenvalue weighted by Crippen LogP contribution is 2.04. The SMILES string of the molecule is Cc1nc(C)c(CCC(=O)NC(C)C(C)CO)c(=O)[nH]1. The predicted octanol–water partition coefficient (Wildman–Crippen LogP) is 0.452. The fraction of sp³-hybridized carbons (Fsp3) is 0.643. The van der Waals surface area contributed by atoms with Crippen LogP contribution in [0.15, 0.2) is 4.79 Å². The molecule has 2 atom stereocenters. The number of nitrogens with one attached hydrogen (secondary N) is 2. The molecule has 0 radical (unpaired) electrons. The van der Waals surface area contributed by atoms with Crippen LogP contribution in [-0.4, -0.2) is 33.6 Å². The lowest BCUT2D eigenvalue weighted by atomic mass is 10.0. The second-order valence-corrected chi connectivity index (χ2v) is 5.23. The first kappa shape index (κ1) is 16.4. The molecule has 0 fully saturated rings. The summed E-state index contributed by atoms with van der Waals surface area (Å²) in [6.07, 6.45) is 0.595. The van der Waals surface area contributed by atoms with Crippen LogP contribution in [0.25, 0.3) is 0 Å². The van der Waals surface area contributed by atoms with Crippen LogP contribution in [0.3, 0.4) is 0 Å². The molecule has 1 aromatic rings. The van der Waals surface area contributed by atoms with Crippen LogP contribution in [0.1, 0.15) is 37.4 Å². The van der Waals surface area contributed by atoms with Gasteiger partial charge in [0, 0.05) is 30.3 Å². The number of rotatable bonds is 6. The van der Waals surface area contributed by atoms with Crippen molar-refractivity contribution in [1.82, 2.24) is 15.3 Å². The minimum atomic E-state index is -0.181. The molecule has 2 unspecified atom stereocenters. The molecule has 6 nitrogen and oxygen atoms in total. The van der Waals surface area contributed by atoms with Crippen molar-refractivity contribution in [1.29, 1.82) is 0 Å². The standard InChI is InChI=1S/C14H23N3O3/c1-8(7-18)9(2)16-13(19)6-5-12-10(3)15-11(4)17-14(12)20/h8-9,18H,5-7H2,1-4H3,(H,16,19)(H,15,17,20). The number of amides is 1. The number of hydrogen-bond acceptors (Lipinski definition) is 4.